The van der Waals surface area contributed by atoms with Gasteiger partial charge in [-0.05, 0) is 52.4 Å². The molecule has 0 spiro atoms. The number of carbonyl (C=O) groups excluding carboxylic acids is 1. The van der Waals surface area contributed by atoms with E-state index >= 15 is 0 Å². The van der Waals surface area contributed by atoms with Gasteiger partial charge in [-0.25, -0.2) is 0 Å². The van der Waals surface area contributed by atoms with Crippen molar-refractivity contribution in [1.29, 1.82) is 5.26 Å². The fraction of sp³-hybridized carbons (Fsp3) is 0.474. The largest absolute Gasteiger partial charge is 0.491 e. The van der Waals surface area contributed by atoms with Gasteiger partial charge < -0.3 is 9.64 Å². The van der Waals surface area contributed by atoms with E-state index in [2.05, 4.69) is 28.5 Å². The van der Waals surface area contributed by atoms with Crippen LogP contribution in [-0.2, 0) is 4.79 Å². The Labute approximate surface area is 169 Å². The fourth-order valence-corrected chi connectivity index (χ4v) is 4.52. The first-order valence-electron chi connectivity index (χ1n) is 8.61. The van der Waals surface area contributed by atoms with Gasteiger partial charge in [0.15, 0.2) is 0 Å². The maximum Gasteiger partial charge on any atom is 0.257 e. The lowest BCUT2D eigenvalue weighted by Gasteiger charge is -2.18. The lowest BCUT2D eigenvalue weighted by atomic mass is 10.2. The SMILES string of the molecule is C=Nc1ccc(OC(C)CCN(C)C)cc1SCC1=NC(C(=O)C#N)CS1. The summed E-state index contributed by atoms with van der Waals surface area (Å²) in [4.78, 5) is 23.0. The van der Waals surface area contributed by atoms with Crippen molar-refractivity contribution >= 4 is 46.8 Å². The highest BCUT2D eigenvalue weighted by atomic mass is 32.2. The summed E-state index contributed by atoms with van der Waals surface area (Å²) in [5.41, 5.74) is 0.793. The average Bonchev–Trinajstić information content (AvgIpc) is 3.13. The third-order valence-corrected chi connectivity index (χ3v) is 6.20. The quantitative estimate of drug-likeness (QED) is 0.338. The van der Waals surface area contributed by atoms with Gasteiger partial charge in [-0.1, -0.05) is 0 Å². The number of hydrogen-bond donors (Lipinski definition) is 0. The minimum Gasteiger partial charge on any atom is -0.491 e. The van der Waals surface area contributed by atoms with Crippen molar-refractivity contribution in [1.82, 2.24) is 4.90 Å². The number of carbonyl (C=O) groups is 1. The summed E-state index contributed by atoms with van der Waals surface area (Å²) in [5.74, 6) is 1.50. The second kappa shape index (κ2) is 10.5. The first-order valence-corrected chi connectivity index (χ1v) is 10.6. The normalized spacial score (nSPS) is 17.3. The standard InChI is InChI=1S/C19H24N4O2S2/c1-13(7-8-23(3)4)25-14-5-6-15(21-2)18(9-14)26-12-19-22-16(11-27-19)17(24)10-20/h5-6,9,13,16H,2,7-8,11-12H2,1,3-4H3. The number of rotatable bonds is 10. The van der Waals surface area contributed by atoms with Gasteiger partial charge in [-0.2, -0.15) is 5.26 Å². The Morgan fingerprint density at radius 1 is 1.59 bits per heavy atom. The van der Waals surface area contributed by atoms with E-state index in [1.807, 2.05) is 32.3 Å². The molecule has 6 nitrogen and oxygen atoms in total. The summed E-state index contributed by atoms with van der Waals surface area (Å²) in [6.45, 7) is 6.66. The number of benzene rings is 1. The van der Waals surface area contributed by atoms with Gasteiger partial charge >= 0.3 is 0 Å². The molecule has 0 N–H and O–H groups in total. The van der Waals surface area contributed by atoms with Crippen LogP contribution < -0.4 is 4.74 Å². The molecule has 1 aromatic carbocycles. The molecule has 1 aliphatic rings. The van der Waals surface area contributed by atoms with Crippen LogP contribution in [0.3, 0.4) is 0 Å². The minimum atomic E-state index is -0.528. The number of nitrogens with zero attached hydrogens (tertiary/aromatic N) is 4. The van der Waals surface area contributed by atoms with Crippen LogP contribution in [0.25, 0.3) is 0 Å². The van der Waals surface area contributed by atoms with E-state index in [0.717, 1.165) is 34.3 Å². The molecule has 2 unspecified atom stereocenters. The average molecular weight is 405 g/mol. The molecule has 0 radical (unpaired) electrons. The smallest absolute Gasteiger partial charge is 0.257 e. The molecule has 2 atom stereocenters. The topological polar surface area (TPSA) is 78.0 Å². The van der Waals surface area contributed by atoms with Crippen molar-refractivity contribution in [2.45, 2.75) is 30.4 Å². The summed E-state index contributed by atoms with van der Waals surface area (Å²) in [6, 6.07) is 6.90. The van der Waals surface area contributed by atoms with Gasteiger partial charge in [-0.15, -0.1) is 23.5 Å². The molecule has 1 aliphatic heterocycles. The Morgan fingerprint density at radius 2 is 2.37 bits per heavy atom. The Hall–Kier alpha value is -1.82. The molecule has 8 heteroatoms. The second-order valence-corrected chi connectivity index (χ2v) is 8.53. The van der Waals surface area contributed by atoms with E-state index in [1.165, 1.54) is 11.8 Å². The molecule has 0 fully saturated rings. The zero-order valence-electron chi connectivity index (χ0n) is 15.8. The van der Waals surface area contributed by atoms with Crippen molar-refractivity contribution in [3.63, 3.8) is 0 Å². The van der Waals surface area contributed by atoms with E-state index < -0.39 is 11.8 Å². The highest BCUT2D eigenvalue weighted by Crippen LogP contribution is 2.35. The van der Waals surface area contributed by atoms with Gasteiger partial charge in [0.1, 0.15) is 17.9 Å². The van der Waals surface area contributed by atoms with Crippen molar-refractivity contribution in [3.05, 3.63) is 18.2 Å². The molecule has 1 heterocycles. The molecule has 0 saturated carbocycles. The summed E-state index contributed by atoms with van der Waals surface area (Å²) < 4.78 is 6.02. The number of ketones is 1. The van der Waals surface area contributed by atoms with E-state index in [-0.39, 0.29) is 6.10 Å². The van der Waals surface area contributed by atoms with E-state index in [1.54, 1.807) is 17.8 Å². The predicted molar refractivity (Wildman–Crippen MR) is 114 cm³/mol. The summed E-state index contributed by atoms with van der Waals surface area (Å²) in [7, 11) is 4.09. The lowest BCUT2D eigenvalue weighted by molar-refractivity contribution is -0.114. The van der Waals surface area contributed by atoms with Gasteiger partial charge in [0.2, 0.25) is 0 Å². The molecule has 0 bridgehead atoms. The van der Waals surface area contributed by atoms with Gasteiger partial charge in [0.25, 0.3) is 5.78 Å². The number of nitriles is 1. The van der Waals surface area contributed by atoms with Crippen LogP contribution in [0.15, 0.2) is 33.1 Å². The molecule has 144 valence electrons. The number of aliphatic imine (C=N–C) groups is 2. The Balaban J connectivity index is 2.00. The van der Waals surface area contributed by atoms with Gasteiger partial charge in [-0.3, -0.25) is 14.8 Å². The van der Waals surface area contributed by atoms with Crippen molar-refractivity contribution in [2.24, 2.45) is 9.98 Å². The van der Waals surface area contributed by atoms with E-state index in [4.69, 9.17) is 10.00 Å². The fourth-order valence-electron chi connectivity index (χ4n) is 2.40. The summed E-state index contributed by atoms with van der Waals surface area (Å²) >= 11 is 3.11. The molecular formula is C19H24N4O2S2. The van der Waals surface area contributed by atoms with Crippen LogP contribution in [0.1, 0.15) is 13.3 Å². The number of hydrogen-bond acceptors (Lipinski definition) is 8. The number of Topliss-reactive ketones (excluding diaryl/α,β-unsaturated/α-hetero) is 1. The Bertz CT molecular complexity index is 759. The maximum absolute atomic E-state index is 11.4. The van der Waals surface area contributed by atoms with Crippen LogP contribution in [-0.4, -0.2) is 66.7 Å². The number of ether oxygens (including phenoxy) is 1. The molecule has 27 heavy (non-hydrogen) atoms. The maximum atomic E-state index is 11.4. The predicted octanol–water partition coefficient (Wildman–Crippen LogP) is 3.44. The molecule has 2 rings (SSSR count). The lowest BCUT2D eigenvalue weighted by Crippen LogP contribution is -2.21. The van der Waals surface area contributed by atoms with Crippen LogP contribution in [0.4, 0.5) is 5.69 Å². The summed E-state index contributed by atoms with van der Waals surface area (Å²) in [5, 5.41) is 9.58. The molecule has 0 amide bonds. The molecule has 0 saturated heterocycles. The Kier molecular flexibility index (Phi) is 8.35. The molecule has 1 aromatic rings. The number of thioether (sulfide) groups is 2. The third-order valence-electron chi connectivity index (χ3n) is 3.89. The zero-order valence-corrected chi connectivity index (χ0v) is 17.5. The van der Waals surface area contributed by atoms with Crippen LogP contribution in [0, 0.1) is 11.3 Å². The Morgan fingerprint density at radius 3 is 3.04 bits per heavy atom. The minimum absolute atomic E-state index is 0.111. The molecule has 0 aliphatic carbocycles. The van der Waals surface area contributed by atoms with Crippen LogP contribution in [0.2, 0.25) is 0 Å². The zero-order chi connectivity index (χ0) is 19.8. The summed E-state index contributed by atoms with van der Waals surface area (Å²) in [6.07, 6.45) is 1.05. The monoisotopic (exact) mass is 404 g/mol. The van der Waals surface area contributed by atoms with Crippen molar-refractivity contribution in [3.8, 4) is 11.8 Å². The van der Waals surface area contributed by atoms with Crippen LogP contribution in [0.5, 0.6) is 5.75 Å². The van der Waals surface area contributed by atoms with Crippen molar-refractivity contribution < 1.29 is 9.53 Å². The second-order valence-electron chi connectivity index (χ2n) is 6.42. The molecule has 0 aromatic heterocycles. The van der Waals surface area contributed by atoms with Gasteiger partial charge in [0, 0.05) is 22.9 Å². The van der Waals surface area contributed by atoms with E-state index in [0.29, 0.717) is 11.5 Å². The van der Waals surface area contributed by atoms with Gasteiger partial charge in [0.05, 0.1) is 16.8 Å². The molecular weight excluding hydrogens is 380 g/mol. The highest BCUT2D eigenvalue weighted by molar-refractivity contribution is 8.16. The first kappa shape index (κ1) is 21.5. The highest BCUT2D eigenvalue weighted by Gasteiger charge is 2.24. The van der Waals surface area contributed by atoms with Crippen molar-refractivity contribution in [2.75, 3.05) is 32.1 Å². The van der Waals surface area contributed by atoms with Crippen LogP contribution >= 0.6 is 23.5 Å². The first-order chi connectivity index (χ1) is 12.9. The third kappa shape index (κ3) is 6.69. The van der Waals surface area contributed by atoms with E-state index in [9.17, 15) is 4.79 Å².